The van der Waals surface area contributed by atoms with Gasteiger partial charge in [-0.05, 0) is 78.6 Å². The number of ether oxygens (including phenoxy) is 5. The average molecular weight is 484 g/mol. The third-order valence-electron chi connectivity index (χ3n) is 6.26. The van der Waals surface area contributed by atoms with Gasteiger partial charge < -0.3 is 29.4 Å². The first-order valence-electron chi connectivity index (χ1n) is 11.9. The zero-order chi connectivity index (χ0) is 25.7. The highest BCUT2D eigenvalue weighted by molar-refractivity contribution is 5.86. The number of hydrogen-bond donors (Lipinski definition) is 1. The van der Waals surface area contributed by atoms with Gasteiger partial charge >= 0.3 is 5.97 Å². The smallest absolute Gasteiger partial charge is 0.323 e. The van der Waals surface area contributed by atoms with Crippen LogP contribution in [0.15, 0.2) is 30.3 Å². The van der Waals surface area contributed by atoms with Crippen molar-refractivity contribution in [1.29, 1.82) is 0 Å². The quantitative estimate of drug-likeness (QED) is 0.518. The molecule has 2 N–H and O–H groups in total. The molecule has 1 aliphatic carbocycles. The number of esters is 1. The van der Waals surface area contributed by atoms with Crippen molar-refractivity contribution >= 4 is 11.5 Å². The van der Waals surface area contributed by atoms with Gasteiger partial charge in [0.1, 0.15) is 17.9 Å². The summed E-state index contributed by atoms with van der Waals surface area (Å²) in [6.07, 6.45) is 3.32. The highest BCUT2D eigenvalue weighted by Gasteiger charge is 2.29. The molecular weight excluding hydrogens is 446 g/mol. The molecule has 0 saturated heterocycles. The lowest BCUT2D eigenvalue weighted by Crippen LogP contribution is -2.35. The van der Waals surface area contributed by atoms with Gasteiger partial charge in [0.2, 0.25) is 5.75 Å². The van der Waals surface area contributed by atoms with Crippen molar-refractivity contribution in [2.45, 2.75) is 52.2 Å². The van der Waals surface area contributed by atoms with Gasteiger partial charge in [0.25, 0.3) is 0 Å². The van der Waals surface area contributed by atoms with E-state index in [0.29, 0.717) is 42.4 Å². The van der Waals surface area contributed by atoms with Crippen LogP contribution in [-0.4, -0.2) is 46.6 Å². The number of carbonyl (C=O) groups is 1. The highest BCUT2D eigenvalue weighted by atomic mass is 16.5. The fourth-order valence-electron chi connectivity index (χ4n) is 4.58. The van der Waals surface area contributed by atoms with Crippen molar-refractivity contribution in [2.24, 2.45) is 11.7 Å². The molecule has 3 rings (SSSR count). The van der Waals surface area contributed by atoms with Gasteiger partial charge in [-0.2, -0.15) is 0 Å². The first-order chi connectivity index (χ1) is 16.7. The van der Waals surface area contributed by atoms with Crippen LogP contribution in [0.2, 0.25) is 0 Å². The minimum Gasteiger partial charge on any atom is -0.496 e. The van der Waals surface area contributed by atoms with Crippen molar-refractivity contribution in [3.63, 3.8) is 0 Å². The van der Waals surface area contributed by atoms with E-state index in [2.05, 4.69) is 6.07 Å². The summed E-state index contributed by atoms with van der Waals surface area (Å²) in [4.78, 5) is 12.8. The van der Waals surface area contributed by atoms with E-state index >= 15 is 0 Å². The van der Waals surface area contributed by atoms with Crippen LogP contribution < -0.4 is 24.7 Å². The molecule has 190 valence electrons. The van der Waals surface area contributed by atoms with Crippen LogP contribution in [0.1, 0.15) is 48.9 Å². The van der Waals surface area contributed by atoms with E-state index in [4.69, 9.17) is 29.4 Å². The van der Waals surface area contributed by atoms with Gasteiger partial charge in [-0.3, -0.25) is 4.79 Å². The number of rotatable bonds is 9. The summed E-state index contributed by atoms with van der Waals surface area (Å²) in [5, 5.41) is 0. The second kappa shape index (κ2) is 11.5. The normalized spacial score (nSPS) is 16.0. The van der Waals surface area contributed by atoms with Crippen LogP contribution in [0.5, 0.6) is 23.0 Å². The molecule has 2 atom stereocenters. The third kappa shape index (κ3) is 5.73. The molecule has 0 aliphatic heterocycles. The summed E-state index contributed by atoms with van der Waals surface area (Å²) in [5.74, 6) is 2.42. The molecule has 0 bridgehead atoms. The van der Waals surface area contributed by atoms with Crippen LogP contribution in [0, 0.1) is 12.8 Å². The Bertz CT molecular complexity index is 1090. The molecule has 1 aliphatic rings. The third-order valence-corrected chi connectivity index (χ3v) is 6.26. The molecule has 0 aromatic heterocycles. The number of methoxy groups -OCH3 is 4. The van der Waals surface area contributed by atoms with Crippen LogP contribution >= 0.6 is 0 Å². The fraction of sp³-hybridized carbons (Fsp3) is 0.464. The second-order valence-corrected chi connectivity index (χ2v) is 9.19. The molecular formula is C28H37NO6. The predicted octanol–water partition coefficient (Wildman–Crippen LogP) is 4.69. The number of carbonyl (C=O) groups excluding carboxylic acids is 1. The lowest BCUT2D eigenvalue weighted by Gasteiger charge is -2.20. The molecule has 1 unspecified atom stereocenters. The van der Waals surface area contributed by atoms with Gasteiger partial charge in [-0.25, -0.2) is 0 Å². The lowest BCUT2D eigenvalue weighted by molar-refractivity contribution is -0.149. The van der Waals surface area contributed by atoms with E-state index in [9.17, 15) is 4.79 Å². The highest BCUT2D eigenvalue weighted by Crippen LogP contribution is 2.47. The molecule has 0 saturated carbocycles. The molecule has 0 fully saturated rings. The maximum absolute atomic E-state index is 12.8. The number of benzene rings is 2. The first-order valence-corrected chi connectivity index (χ1v) is 11.9. The molecule has 7 heteroatoms. The molecule has 2 aromatic carbocycles. The molecule has 0 amide bonds. The number of aryl methyl sites for hydroxylation is 1. The Morgan fingerprint density at radius 1 is 1.00 bits per heavy atom. The van der Waals surface area contributed by atoms with Gasteiger partial charge in [0, 0.05) is 5.56 Å². The number of hydrogen-bond acceptors (Lipinski definition) is 7. The van der Waals surface area contributed by atoms with Crippen molar-refractivity contribution in [3.8, 4) is 23.0 Å². The van der Waals surface area contributed by atoms with Crippen LogP contribution in [0.4, 0.5) is 0 Å². The van der Waals surface area contributed by atoms with E-state index in [1.807, 2.05) is 45.0 Å². The van der Waals surface area contributed by atoms with Gasteiger partial charge in [-0.15, -0.1) is 0 Å². The van der Waals surface area contributed by atoms with Gasteiger partial charge in [0.15, 0.2) is 11.5 Å². The van der Waals surface area contributed by atoms with Crippen molar-refractivity contribution in [2.75, 3.05) is 28.4 Å². The summed E-state index contributed by atoms with van der Waals surface area (Å²) in [6, 6.07) is 7.30. The maximum atomic E-state index is 12.8. The zero-order valence-electron chi connectivity index (χ0n) is 21.8. The topological polar surface area (TPSA) is 89.2 Å². The van der Waals surface area contributed by atoms with Gasteiger partial charge in [-0.1, -0.05) is 19.9 Å². The van der Waals surface area contributed by atoms with Crippen LogP contribution in [0.25, 0.3) is 5.57 Å². The minimum absolute atomic E-state index is 0.300. The van der Waals surface area contributed by atoms with Crippen molar-refractivity contribution in [1.82, 2.24) is 0 Å². The molecule has 35 heavy (non-hydrogen) atoms. The second-order valence-electron chi connectivity index (χ2n) is 9.19. The Hall–Kier alpha value is -3.19. The van der Waals surface area contributed by atoms with E-state index in [0.717, 1.165) is 33.6 Å². The van der Waals surface area contributed by atoms with E-state index in [-0.39, 0.29) is 0 Å². The first kappa shape index (κ1) is 26.4. The summed E-state index contributed by atoms with van der Waals surface area (Å²) < 4.78 is 28.4. The summed E-state index contributed by atoms with van der Waals surface area (Å²) in [6.45, 7) is 6.07. The predicted molar refractivity (Wildman–Crippen MR) is 137 cm³/mol. The van der Waals surface area contributed by atoms with Gasteiger partial charge in [0.05, 0.1) is 28.4 Å². The average Bonchev–Trinajstić information content (AvgIpc) is 3.01. The number of fused-ring (bicyclic) bond motifs is 1. The largest absolute Gasteiger partial charge is 0.496 e. The van der Waals surface area contributed by atoms with Crippen LogP contribution in [-0.2, 0) is 16.0 Å². The Labute approximate surface area is 208 Å². The standard InChI is InChI=1S/C28H37NO6/c1-16(2)12-23(29)28(30)35-19-9-10-20-22(15-25(32-5)27(34-7)26(20)33-6)21(14-19)18-8-11-24(31-4)17(3)13-18/h8,11,13-16,19,23H,9-10,12,29H2,1-7H3/t19-,23?/m0/s1. The minimum atomic E-state index is -0.657. The van der Waals surface area contributed by atoms with E-state index < -0.39 is 18.1 Å². The molecule has 0 radical (unpaired) electrons. The monoisotopic (exact) mass is 483 g/mol. The molecule has 2 aromatic rings. The zero-order valence-corrected chi connectivity index (χ0v) is 21.8. The van der Waals surface area contributed by atoms with Crippen LogP contribution in [0.3, 0.4) is 0 Å². The van der Waals surface area contributed by atoms with E-state index in [1.54, 1.807) is 28.4 Å². The van der Waals surface area contributed by atoms with E-state index in [1.165, 1.54) is 0 Å². The number of nitrogens with two attached hydrogens (primary N) is 1. The molecule has 7 nitrogen and oxygen atoms in total. The Kier molecular flexibility index (Phi) is 8.67. The molecule has 0 spiro atoms. The Balaban J connectivity index is 2.15. The lowest BCUT2D eigenvalue weighted by atomic mass is 9.91. The summed E-state index contributed by atoms with van der Waals surface area (Å²) in [5.41, 5.74) is 10.9. The Morgan fingerprint density at radius 3 is 2.26 bits per heavy atom. The van der Waals surface area contributed by atoms with Crippen molar-refractivity contribution in [3.05, 3.63) is 52.6 Å². The Morgan fingerprint density at radius 2 is 1.69 bits per heavy atom. The SMILES string of the molecule is COc1ccc(C2=C[C@@H](OC(=O)C(N)CC(C)C)CCc3c2cc(OC)c(OC)c3OC)cc1C. The molecule has 0 heterocycles. The fourth-order valence-corrected chi connectivity index (χ4v) is 4.58. The summed E-state index contributed by atoms with van der Waals surface area (Å²) >= 11 is 0. The summed E-state index contributed by atoms with van der Waals surface area (Å²) in [7, 11) is 6.46. The van der Waals surface area contributed by atoms with Crippen molar-refractivity contribution < 1.29 is 28.5 Å². The maximum Gasteiger partial charge on any atom is 0.323 e.